The third-order valence-electron chi connectivity index (χ3n) is 3.39. The highest BCUT2D eigenvalue weighted by molar-refractivity contribution is 9.10. The fraction of sp³-hybridized carbons (Fsp3) is 0.571. The summed E-state index contributed by atoms with van der Waals surface area (Å²) in [4.78, 5) is 0. The van der Waals surface area contributed by atoms with E-state index in [1.54, 1.807) is 0 Å². The molecule has 1 unspecified atom stereocenters. The van der Waals surface area contributed by atoms with E-state index in [4.69, 9.17) is 0 Å². The molecule has 17 heavy (non-hydrogen) atoms. The molecule has 2 rings (SSSR count). The summed E-state index contributed by atoms with van der Waals surface area (Å²) in [6.45, 7) is 4.90. The highest BCUT2D eigenvalue weighted by Gasteiger charge is 2.31. The standard InChI is InChI=1S/C14H20BrNO/c1-10(2)16-9-14(17)6-5-11-7-13(15)4-3-12(11)8-14/h3-4,7,10,16-17H,5-6,8-9H2,1-2H3. The maximum atomic E-state index is 10.6. The van der Waals surface area contributed by atoms with Gasteiger partial charge in [-0.2, -0.15) is 0 Å². The molecule has 0 aliphatic heterocycles. The van der Waals surface area contributed by atoms with E-state index in [0.717, 1.165) is 23.7 Å². The normalized spacial score (nSPS) is 23.8. The van der Waals surface area contributed by atoms with Gasteiger partial charge in [0.15, 0.2) is 0 Å². The first-order chi connectivity index (χ1) is 7.98. The van der Waals surface area contributed by atoms with Gasteiger partial charge < -0.3 is 10.4 Å². The van der Waals surface area contributed by atoms with Crippen LogP contribution in [0.15, 0.2) is 22.7 Å². The fourth-order valence-electron chi connectivity index (χ4n) is 2.35. The van der Waals surface area contributed by atoms with Gasteiger partial charge in [0.25, 0.3) is 0 Å². The van der Waals surface area contributed by atoms with Gasteiger partial charge in [0.2, 0.25) is 0 Å². The number of fused-ring (bicyclic) bond motifs is 1. The lowest BCUT2D eigenvalue weighted by Crippen LogP contribution is -2.46. The predicted octanol–water partition coefficient (Wildman–Crippen LogP) is 2.67. The summed E-state index contributed by atoms with van der Waals surface area (Å²) in [7, 11) is 0. The van der Waals surface area contributed by atoms with Crippen molar-refractivity contribution in [2.75, 3.05) is 6.54 Å². The molecule has 0 spiro atoms. The van der Waals surface area contributed by atoms with Crippen LogP contribution in [0.2, 0.25) is 0 Å². The van der Waals surface area contributed by atoms with E-state index in [1.807, 2.05) is 0 Å². The minimum atomic E-state index is -0.578. The van der Waals surface area contributed by atoms with Gasteiger partial charge >= 0.3 is 0 Å². The van der Waals surface area contributed by atoms with Gasteiger partial charge in [-0.15, -0.1) is 0 Å². The quantitative estimate of drug-likeness (QED) is 0.899. The van der Waals surface area contributed by atoms with Gasteiger partial charge in [-0.1, -0.05) is 35.8 Å². The molecule has 0 aromatic heterocycles. The molecule has 1 aliphatic rings. The van der Waals surface area contributed by atoms with E-state index >= 15 is 0 Å². The molecule has 0 saturated heterocycles. The first-order valence-corrected chi connectivity index (χ1v) is 7.01. The van der Waals surface area contributed by atoms with Crippen molar-refractivity contribution < 1.29 is 5.11 Å². The van der Waals surface area contributed by atoms with Crippen LogP contribution in [0.1, 0.15) is 31.4 Å². The van der Waals surface area contributed by atoms with Crippen molar-refractivity contribution >= 4 is 15.9 Å². The highest BCUT2D eigenvalue weighted by Crippen LogP contribution is 2.30. The van der Waals surface area contributed by atoms with Crippen molar-refractivity contribution in [3.05, 3.63) is 33.8 Å². The summed E-state index contributed by atoms with van der Waals surface area (Å²) in [6.07, 6.45) is 2.57. The fourth-order valence-corrected chi connectivity index (χ4v) is 2.76. The molecule has 0 radical (unpaired) electrons. The maximum absolute atomic E-state index is 10.6. The summed E-state index contributed by atoms with van der Waals surface area (Å²) in [5.41, 5.74) is 2.08. The number of hydrogen-bond donors (Lipinski definition) is 2. The molecular weight excluding hydrogens is 278 g/mol. The van der Waals surface area contributed by atoms with E-state index in [9.17, 15) is 5.11 Å². The van der Waals surface area contributed by atoms with Gasteiger partial charge in [0.05, 0.1) is 5.60 Å². The van der Waals surface area contributed by atoms with E-state index in [0.29, 0.717) is 12.6 Å². The lowest BCUT2D eigenvalue weighted by Gasteiger charge is -2.34. The zero-order valence-electron chi connectivity index (χ0n) is 10.5. The Morgan fingerprint density at radius 2 is 2.18 bits per heavy atom. The second-order valence-electron chi connectivity index (χ2n) is 5.35. The van der Waals surface area contributed by atoms with Crippen molar-refractivity contribution in [2.24, 2.45) is 0 Å². The second kappa shape index (κ2) is 5.09. The van der Waals surface area contributed by atoms with Gasteiger partial charge in [0, 0.05) is 23.5 Å². The van der Waals surface area contributed by atoms with E-state index in [1.165, 1.54) is 11.1 Å². The SMILES string of the molecule is CC(C)NCC1(O)CCc2cc(Br)ccc2C1. The van der Waals surface area contributed by atoms with E-state index in [-0.39, 0.29) is 0 Å². The number of aliphatic hydroxyl groups is 1. The van der Waals surface area contributed by atoms with Crippen molar-refractivity contribution in [3.8, 4) is 0 Å². The first kappa shape index (κ1) is 13.1. The molecule has 0 saturated carbocycles. The Balaban J connectivity index is 2.09. The second-order valence-corrected chi connectivity index (χ2v) is 6.27. The van der Waals surface area contributed by atoms with Gasteiger partial charge in [-0.3, -0.25) is 0 Å². The number of nitrogens with one attached hydrogen (secondary N) is 1. The average molecular weight is 298 g/mol. The van der Waals surface area contributed by atoms with Crippen LogP contribution in [0.25, 0.3) is 0 Å². The van der Waals surface area contributed by atoms with Crippen LogP contribution in [-0.4, -0.2) is 23.3 Å². The third-order valence-corrected chi connectivity index (χ3v) is 3.88. The van der Waals surface area contributed by atoms with Crippen LogP contribution in [0.4, 0.5) is 0 Å². The zero-order chi connectivity index (χ0) is 12.5. The molecule has 1 atom stereocenters. The van der Waals surface area contributed by atoms with Gasteiger partial charge in [0.1, 0.15) is 0 Å². The Kier molecular flexibility index (Phi) is 3.91. The predicted molar refractivity (Wildman–Crippen MR) is 74.3 cm³/mol. The van der Waals surface area contributed by atoms with Crippen LogP contribution >= 0.6 is 15.9 Å². The van der Waals surface area contributed by atoms with Gasteiger partial charge in [-0.25, -0.2) is 0 Å². The average Bonchev–Trinajstić information content (AvgIpc) is 2.27. The molecule has 0 fully saturated rings. The Bertz CT molecular complexity index is 405. The maximum Gasteiger partial charge on any atom is 0.0815 e. The zero-order valence-corrected chi connectivity index (χ0v) is 12.0. The summed E-state index contributed by atoms with van der Waals surface area (Å²) < 4.78 is 1.13. The minimum absolute atomic E-state index is 0.422. The molecule has 0 bridgehead atoms. The molecule has 2 nitrogen and oxygen atoms in total. The number of hydrogen-bond acceptors (Lipinski definition) is 2. The summed E-state index contributed by atoms with van der Waals surface area (Å²) in [5.74, 6) is 0. The first-order valence-electron chi connectivity index (χ1n) is 6.22. The number of benzene rings is 1. The lowest BCUT2D eigenvalue weighted by molar-refractivity contribution is 0.0250. The Hall–Kier alpha value is -0.380. The number of halogens is 1. The molecular formula is C14H20BrNO. The van der Waals surface area contributed by atoms with Crippen molar-refractivity contribution in [2.45, 2.75) is 44.8 Å². The monoisotopic (exact) mass is 297 g/mol. The van der Waals surface area contributed by atoms with Crippen LogP contribution in [0.3, 0.4) is 0 Å². The molecule has 94 valence electrons. The van der Waals surface area contributed by atoms with Crippen molar-refractivity contribution in [3.63, 3.8) is 0 Å². The molecule has 1 aliphatic carbocycles. The largest absolute Gasteiger partial charge is 0.388 e. The molecule has 1 aromatic carbocycles. The van der Waals surface area contributed by atoms with Crippen LogP contribution in [0, 0.1) is 0 Å². The Morgan fingerprint density at radius 3 is 2.88 bits per heavy atom. The lowest BCUT2D eigenvalue weighted by atomic mass is 9.80. The Labute approximate surface area is 112 Å². The molecule has 3 heteroatoms. The molecule has 0 heterocycles. The summed E-state index contributed by atoms with van der Waals surface area (Å²) in [5, 5.41) is 13.9. The number of rotatable bonds is 3. The summed E-state index contributed by atoms with van der Waals surface area (Å²) >= 11 is 3.49. The van der Waals surface area contributed by atoms with Crippen LogP contribution in [0.5, 0.6) is 0 Å². The van der Waals surface area contributed by atoms with Crippen molar-refractivity contribution in [1.29, 1.82) is 0 Å². The molecule has 2 N–H and O–H groups in total. The number of aryl methyl sites for hydroxylation is 1. The van der Waals surface area contributed by atoms with E-state index < -0.39 is 5.60 Å². The minimum Gasteiger partial charge on any atom is -0.388 e. The van der Waals surface area contributed by atoms with Crippen LogP contribution in [-0.2, 0) is 12.8 Å². The van der Waals surface area contributed by atoms with Gasteiger partial charge in [-0.05, 0) is 36.1 Å². The topological polar surface area (TPSA) is 32.3 Å². The highest BCUT2D eigenvalue weighted by atomic mass is 79.9. The Morgan fingerprint density at radius 1 is 1.41 bits per heavy atom. The molecule has 1 aromatic rings. The third kappa shape index (κ3) is 3.30. The van der Waals surface area contributed by atoms with Crippen LogP contribution < -0.4 is 5.32 Å². The van der Waals surface area contributed by atoms with Crippen molar-refractivity contribution in [1.82, 2.24) is 5.32 Å². The summed E-state index contributed by atoms with van der Waals surface area (Å²) in [6, 6.07) is 6.77. The molecule has 0 amide bonds. The van der Waals surface area contributed by atoms with E-state index in [2.05, 4.69) is 53.3 Å². The smallest absolute Gasteiger partial charge is 0.0815 e.